The lowest BCUT2D eigenvalue weighted by molar-refractivity contribution is -0.127. The van der Waals surface area contributed by atoms with Gasteiger partial charge in [-0.05, 0) is 49.9 Å². The normalized spacial score (nSPS) is 21.3. The molecule has 6 heteroatoms. The van der Waals surface area contributed by atoms with Crippen molar-refractivity contribution in [3.8, 4) is 0 Å². The molecule has 0 bridgehead atoms. The van der Waals surface area contributed by atoms with Crippen LogP contribution < -0.4 is 5.32 Å². The molecule has 27 heavy (non-hydrogen) atoms. The first kappa shape index (κ1) is 17.8. The molecule has 1 aromatic carbocycles. The van der Waals surface area contributed by atoms with Crippen molar-refractivity contribution in [1.29, 1.82) is 0 Å². The molecule has 142 valence electrons. The summed E-state index contributed by atoms with van der Waals surface area (Å²) in [6.45, 7) is 0.519. The van der Waals surface area contributed by atoms with Crippen molar-refractivity contribution in [2.75, 3.05) is 6.61 Å². The maximum absolute atomic E-state index is 13.3. The van der Waals surface area contributed by atoms with E-state index < -0.39 is 11.8 Å². The molecule has 1 unspecified atom stereocenters. The third-order valence-electron chi connectivity index (χ3n) is 5.45. The first-order valence-electron chi connectivity index (χ1n) is 9.52. The van der Waals surface area contributed by atoms with Gasteiger partial charge in [0.25, 0.3) is 5.91 Å². The molecule has 1 aliphatic carbocycles. The monoisotopic (exact) mass is 368 g/mol. The van der Waals surface area contributed by atoms with Crippen LogP contribution in [0.4, 0.5) is 0 Å². The summed E-state index contributed by atoms with van der Waals surface area (Å²) >= 11 is 0. The predicted octanol–water partition coefficient (Wildman–Crippen LogP) is 3.10. The van der Waals surface area contributed by atoms with Gasteiger partial charge in [0.05, 0.1) is 19.4 Å². The van der Waals surface area contributed by atoms with E-state index in [4.69, 9.17) is 9.15 Å². The number of hydrogen-bond acceptors (Lipinski definition) is 4. The quantitative estimate of drug-likeness (QED) is 0.900. The van der Waals surface area contributed by atoms with Crippen molar-refractivity contribution >= 4 is 11.8 Å². The van der Waals surface area contributed by atoms with Crippen LogP contribution in [0.2, 0.25) is 0 Å². The number of nitrogens with zero attached hydrogens (tertiary/aromatic N) is 1. The Labute approximate surface area is 158 Å². The van der Waals surface area contributed by atoms with E-state index in [1.54, 1.807) is 35.4 Å². The zero-order chi connectivity index (χ0) is 18.7. The van der Waals surface area contributed by atoms with Gasteiger partial charge >= 0.3 is 0 Å². The summed E-state index contributed by atoms with van der Waals surface area (Å²) < 4.78 is 11.4. The summed E-state index contributed by atoms with van der Waals surface area (Å²) in [5.74, 6) is 0.321. The topological polar surface area (TPSA) is 71.8 Å². The molecule has 6 nitrogen and oxygen atoms in total. The molecule has 4 rings (SSSR count). The number of rotatable bonds is 4. The minimum absolute atomic E-state index is 0.145. The predicted molar refractivity (Wildman–Crippen MR) is 98.7 cm³/mol. The summed E-state index contributed by atoms with van der Waals surface area (Å²) in [6.07, 6.45) is 6.25. The average Bonchev–Trinajstić information content (AvgIpc) is 3.35. The minimum Gasteiger partial charge on any atom is -0.467 e. The van der Waals surface area contributed by atoms with Crippen LogP contribution in [-0.4, -0.2) is 35.1 Å². The van der Waals surface area contributed by atoms with Gasteiger partial charge in [-0.1, -0.05) is 24.6 Å². The van der Waals surface area contributed by atoms with Gasteiger partial charge < -0.3 is 14.5 Å². The van der Waals surface area contributed by atoms with Gasteiger partial charge in [-0.15, -0.1) is 0 Å². The van der Waals surface area contributed by atoms with Crippen LogP contribution >= 0.6 is 0 Å². The molecule has 2 amide bonds. The van der Waals surface area contributed by atoms with Crippen LogP contribution in [0, 0.1) is 0 Å². The highest BCUT2D eigenvalue weighted by atomic mass is 16.5. The lowest BCUT2D eigenvalue weighted by Crippen LogP contribution is -2.56. The summed E-state index contributed by atoms with van der Waals surface area (Å²) in [5.41, 5.74) is -0.0884. The van der Waals surface area contributed by atoms with Crippen molar-refractivity contribution in [3.05, 3.63) is 60.1 Å². The van der Waals surface area contributed by atoms with E-state index in [0.29, 0.717) is 17.9 Å². The van der Waals surface area contributed by atoms with Crippen molar-refractivity contribution < 1.29 is 18.7 Å². The van der Waals surface area contributed by atoms with Crippen molar-refractivity contribution in [2.24, 2.45) is 0 Å². The fourth-order valence-electron chi connectivity index (χ4n) is 4.10. The van der Waals surface area contributed by atoms with Crippen LogP contribution in [0.5, 0.6) is 0 Å². The van der Waals surface area contributed by atoms with Gasteiger partial charge in [0, 0.05) is 5.56 Å². The Bertz CT molecular complexity index is 782. The van der Waals surface area contributed by atoms with E-state index in [9.17, 15) is 9.59 Å². The molecule has 2 aliphatic rings. The molecule has 0 radical (unpaired) electrons. The fourth-order valence-corrected chi connectivity index (χ4v) is 4.10. The second kappa shape index (κ2) is 7.56. The standard InChI is InChI=1S/C21H24N2O4/c24-19(22-14-17-10-7-13-26-17)18-15-27-21(11-5-2-6-12-21)23(18)20(25)16-8-3-1-4-9-16/h1,3-4,7-10,13,18H,2,5-6,11-12,14-15H2,(H,22,24). The van der Waals surface area contributed by atoms with Crippen LogP contribution in [0.25, 0.3) is 0 Å². The summed E-state index contributed by atoms with van der Waals surface area (Å²) in [7, 11) is 0. The largest absolute Gasteiger partial charge is 0.467 e. The molecular weight excluding hydrogens is 344 g/mol. The van der Waals surface area contributed by atoms with Gasteiger partial charge in [0.1, 0.15) is 17.5 Å². The van der Waals surface area contributed by atoms with E-state index in [0.717, 1.165) is 32.1 Å². The first-order chi connectivity index (χ1) is 13.2. The molecule has 1 saturated carbocycles. The van der Waals surface area contributed by atoms with Crippen LogP contribution in [0.3, 0.4) is 0 Å². The second-order valence-electron chi connectivity index (χ2n) is 7.17. The molecule has 1 N–H and O–H groups in total. The van der Waals surface area contributed by atoms with Crippen LogP contribution in [0.15, 0.2) is 53.1 Å². The Hall–Kier alpha value is -2.60. The molecule has 1 aliphatic heterocycles. The maximum atomic E-state index is 13.3. The lowest BCUT2D eigenvalue weighted by atomic mass is 9.89. The number of benzene rings is 1. The number of amides is 2. The molecule has 2 aromatic rings. The van der Waals surface area contributed by atoms with Crippen molar-refractivity contribution in [1.82, 2.24) is 10.2 Å². The number of furan rings is 1. The van der Waals surface area contributed by atoms with E-state index in [-0.39, 0.29) is 18.4 Å². The fraction of sp³-hybridized carbons (Fsp3) is 0.429. The second-order valence-corrected chi connectivity index (χ2v) is 7.17. The highest BCUT2D eigenvalue weighted by Gasteiger charge is 2.52. The molecule has 1 atom stereocenters. The number of carbonyl (C=O) groups is 2. The molecule has 1 spiro atoms. The zero-order valence-electron chi connectivity index (χ0n) is 15.2. The Morgan fingerprint density at radius 1 is 1.07 bits per heavy atom. The van der Waals surface area contributed by atoms with Gasteiger partial charge in [-0.25, -0.2) is 0 Å². The van der Waals surface area contributed by atoms with Gasteiger partial charge in [0.2, 0.25) is 5.91 Å². The third kappa shape index (κ3) is 3.49. The number of carbonyl (C=O) groups excluding carboxylic acids is 2. The lowest BCUT2D eigenvalue weighted by Gasteiger charge is -2.41. The highest BCUT2D eigenvalue weighted by Crippen LogP contribution is 2.41. The third-order valence-corrected chi connectivity index (χ3v) is 5.45. The maximum Gasteiger partial charge on any atom is 0.256 e. The van der Waals surface area contributed by atoms with Gasteiger partial charge in [-0.2, -0.15) is 0 Å². The average molecular weight is 368 g/mol. The Morgan fingerprint density at radius 2 is 1.85 bits per heavy atom. The van der Waals surface area contributed by atoms with E-state index in [1.807, 2.05) is 18.2 Å². The Kier molecular flexibility index (Phi) is 4.99. The minimum atomic E-state index is -0.669. The molecule has 2 fully saturated rings. The van der Waals surface area contributed by atoms with Gasteiger partial charge in [-0.3, -0.25) is 14.5 Å². The molecule has 1 aromatic heterocycles. The van der Waals surface area contributed by atoms with E-state index >= 15 is 0 Å². The Balaban J connectivity index is 1.57. The first-order valence-corrected chi connectivity index (χ1v) is 9.52. The van der Waals surface area contributed by atoms with Crippen LogP contribution in [-0.2, 0) is 16.1 Å². The molecule has 2 heterocycles. The Morgan fingerprint density at radius 3 is 2.56 bits per heavy atom. The molecule has 1 saturated heterocycles. The van der Waals surface area contributed by atoms with E-state index in [1.165, 1.54) is 0 Å². The SMILES string of the molecule is O=C(NCc1ccco1)C1COC2(CCCCC2)N1C(=O)c1ccccc1. The van der Waals surface area contributed by atoms with Crippen molar-refractivity contribution in [3.63, 3.8) is 0 Å². The van der Waals surface area contributed by atoms with Crippen LogP contribution in [0.1, 0.15) is 48.2 Å². The van der Waals surface area contributed by atoms with E-state index in [2.05, 4.69) is 5.32 Å². The molecular formula is C21H24N2O4. The zero-order valence-corrected chi connectivity index (χ0v) is 15.2. The van der Waals surface area contributed by atoms with Gasteiger partial charge in [0.15, 0.2) is 0 Å². The smallest absolute Gasteiger partial charge is 0.256 e. The number of hydrogen-bond donors (Lipinski definition) is 1. The van der Waals surface area contributed by atoms with Crippen molar-refractivity contribution in [2.45, 2.75) is 50.4 Å². The summed E-state index contributed by atoms with van der Waals surface area (Å²) in [6, 6.07) is 12.1. The summed E-state index contributed by atoms with van der Waals surface area (Å²) in [4.78, 5) is 27.9. The number of ether oxygens (including phenoxy) is 1. The highest BCUT2D eigenvalue weighted by molar-refractivity contribution is 5.98. The summed E-state index contributed by atoms with van der Waals surface area (Å²) in [5, 5.41) is 2.88. The number of nitrogens with one attached hydrogen (secondary N) is 1.